The number of benzene rings is 1. The van der Waals surface area contributed by atoms with Crippen LogP contribution < -0.4 is 20.1 Å². The number of methoxy groups -OCH3 is 2. The summed E-state index contributed by atoms with van der Waals surface area (Å²) in [5, 5.41) is 22.6. The first-order valence-corrected chi connectivity index (χ1v) is 12.2. The van der Waals surface area contributed by atoms with Crippen LogP contribution in [-0.4, -0.2) is 72.7 Å². The van der Waals surface area contributed by atoms with Crippen LogP contribution in [0, 0.1) is 0 Å². The van der Waals surface area contributed by atoms with Crippen LogP contribution in [-0.2, 0) is 14.3 Å². The second kappa shape index (κ2) is 11.5. The summed E-state index contributed by atoms with van der Waals surface area (Å²) in [6, 6.07) is 4.42. The van der Waals surface area contributed by atoms with E-state index in [0.717, 1.165) is 37.8 Å². The van der Waals surface area contributed by atoms with E-state index >= 15 is 0 Å². The van der Waals surface area contributed by atoms with Crippen molar-refractivity contribution in [2.75, 3.05) is 32.8 Å². The van der Waals surface area contributed by atoms with Gasteiger partial charge in [-0.05, 0) is 38.5 Å². The van der Waals surface area contributed by atoms with Crippen LogP contribution in [0.4, 0.5) is 10.6 Å². The topological polar surface area (TPSA) is 161 Å². The summed E-state index contributed by atoms with van der Waals surface area (Å²) in [5.41, 5.74) is 0.439. The van der Waals surface area contributed by atoms with Gasteiger partial charge in [-0.15, -0.1) is 0 Å². The predicted octanol–water partition coefficient (Wildman–Crippen LogP) is 2.89. The Balaban J connectivity index is 1.25. The minimum absolute atomic E-state index is 0.0243. The van der Waals surface area contributed by atoms with E-state index in [0.29, 0.717) is 25.1 Å². The van der Waals surface area contributed by atoms with E-state index in [4.69, 9.17) is 18.9 Å². The molecule has 0 saturated heterocycles. The van der Waals surface area contributed by atoms with E-state index in [9.17, 15) is 19.5 Å². The van der Waals surface area contributed by atoms with E-state index in [-0.39, 0.29) is 40.4 Å². The van der Waals surface area contributed by atoms with Gasteiger partial charge >= 0.3 is 6.09 Å². The SMILES string of the molecule is COCC1(NC(=O)O[C@@H]2CC[C@H](c3cc(NC(=O)COc4cc(OC)cc(O)c4C=O)n[nH]3)C2)CCC1. The van der Waals surface area contributed by atoms with Crippen LogP contribution in [0.2, 0.25) is 0 Å². The molecule has 1 heterocycles. The number of carbonyl (C=O) groups is 3. The van der Waals surface area contributed by atoms with Crippen molar-refractivity contribution >= 4 is 24.1 Å². The molecule has 1 aromatic carbocycles. The maximum Gasteiger partial charge on any atom is 0.407 e. The Morgan fingerprint density at radius 2 is 2.05 bits per heavy atom. The fraction of sp³-hybridized carbons (Fsp3) is 0.520. The highest BCUT2D eigenvalue weighted by atomic mass is 16.6. The van der Waals surface area contributed by atoms with Crippen LogP contribution in [0.25, 0.3) is 0 Å². The van der Waals surface area contributed by atoms with Crippen molar-refractivity contribution in [1.29, 1.82) is 0 Å². The molecule has 2 amide bonds. The summed E-state index contributed by atoms with van der Waals surface area (Å²) < 4.78 is 21.4. The summed E-state index contributed by atoms with van der Waals surface area (Å²) in [6.45, 7) is 0.0675. The van der Waals surface area contributed by atoms with Crippen LogP contribution >= 0.6 is 0 Å². The average Bonchev–Trinajstić information content (AvgIpc) is 3.50. The van der Waals surface area contributed by atoms with E-state index in [1.807, 2.05) is 0 Å². The lowest BCUT2D eigenvalue weighted by molar-refractivity contribution is -0.118. The molecular weight excluding hydrogens is 484 g/mol. The van der Waals surface area contributed by atoms with E-state index in [1.165, 1.54) is 19.2 Å². The third-order valence-electron chi connectivity index (χ3n) is 6.87. The van der Waals surface area contributed by atoms with Gasteiger partial charge in [0.1, 0.15) is 23.4 Å². The minimum atomic E-state index is -0.498. The number of rotatable bonds is 11. The molecule has 0 radical (unpaired) electrons. The van der Waals surface area contributed by atoms with Crippen LogP contribution in [0.5, 0.6) is 17.2 Å². The van der Waals surface area contributed by atoms with E-state index in [2.05, 4.69) is 20.8 Å². The molecule has 4 rings (SSSR count). The Kier molecular flexibility index (Phi) is 8.17. The molecule has 2 aliphatic carbocycles. The van der Waals surface area contributed by atoms with Gasteiger partial charge in [-0.2, -0.15) is 5.10 Å². The molecule has 2 fully saturated rings. The third kappa shape index (κ3) is 6.31. The highest BCUT2D eigenvalue weighted by Gasteiger charge is 2.40. The van der Waals surface area contributed by atoms with E-state index < -0.39 is 18.6 Å². The van der Waals surface area contributed by atoms with Gasteiger partial charge in [-0.25, -0.2) is 4.79 Å². The number of phenols is 1. The first-order chi connectivity index (χ1) is 17.8. The maximum absolute atomic E-state index is 12.4. The van der Waals surface area contributed by atoms with Gasteiger partial charge in [0.05, 0.1) is 24.8 Å². The Morgan fingerprint density at radius 1 is 1.24 bits per heavy atom. The molecule has 0 unspecified atom stereocenters. The lowest BCUT2D eigenvalue weighted by atomic mass is 9.77. The highest BCUT2D eigenvalue weighted by molar-refractivity contribution is 5.91. The van der Waals surface area contributed by atoms with Gasteiger partial charge in [0, 0.05) is 36.9 Å². The smallest absolute Gasteiger partial charge is 0.407 e. The quantitative estimate of drug-likeness (QED) is 0.329. The molecule has 0 bridgehead atoms. The zero-order chi connectivity index (χ0) is 26.4. The molecule has 2 saturated carbocycles. The lowest BCUT2D eigenvalue weighted by Crippen LogP contribution is -2.57. The highest BCUT2D eigenvalue weighted by Crippen LogP contribution is 2.37. The molecule has 1 aromatic heterocycles. The molecule has 0 spiro atoms. The van der Waals surface area contributed by atoms with Crippen molar-refractivity contribution in [2.24, 2.45) is 0 Å². The molecule has 12 heteroatoms. The predicted molar refractivity (Wildman–Crippen MR) is 131 cm³/mol. The molecule has 37 heavy (non-hydrogen) atoms. The lowest BCUT2D eigenvalue weighted by Gasteiger charge is -2.41. The zero-order valence-electron chi connectivity index (χ0n) is 20.9. The Morgan fingerprint density at radius 3 is 2.73 bits per heavy atom. The van der Waals surface area contributed by atoms with Crippen LogP contribution in [0.1, 0.15) is 60.5 Å². The number of ether oxygens (including phenoxy) is 4. The summed E-state index contributed by atoms with van der Waals surface area (Å²) >= 11 is 0. The summed E-state index contributed by atoms with van der Waals surface area (Å²) in [6.07, 6.45) is 4.85. The summed E-state index contributed by atoms with van der Waals surface area (Å²) in [4.78, 5) is 36.0. The summed E-state index contributed by atoms with van der Waals surface area (Å²) in [5.74, 6) is -0.0707. The fourth-order valence-corrected chi connectivity index (χ4v) is 4.79. The number of anilines is 1. The number of aldehydes is 1. The van der Waals surface area contributed by atoms with Crippen molar-refractivity contribution in [3.8, 4) is 17.2 Å². The monoisotopic (exact) mass is 516 g/mol. The van der Waals surface area contributed by atoms with Crippen molar-refractivity contribution in [3.63, 3.8) is 0 Å². The van der Waals surface area contributed by atoms with Crippen LogP contribution in [0.3, 0.4) is 0 Å². The normalized spacial score (nSPS) is 19.9. The molecule has 2 aromatic rings. The standard InChI is InChI=1S/C25H32N4O8/c1-34-14-25(6-3-7-25)27-24(33)37-16-5-4-15(8-16)19-11-22(29-28-19)26-23(32)13-36-21-10-17(35-2)9-20(31)18(21)12-30/h9-12,15-16,31H,3-8,13-14H2,1-2H3,(H,27,33)(H2,26,28,29,32)/t15-,16+/m0/s1. The number of aromatic nitrogens is 2. The fourth-order valence-electron chi connectivity index (χ4n) is 4.79. The number of phenolic OH excluding ortho intramolecular Hbond substituents is 1. The molecule has 12 nitrogen and oxygen atoms in total. The number of amides is 2. The van der Waals surface area contributed by atoms with Gasteiger partial charge in [0.25, 0.3) is 5.91 Å². The number of alkyl carbamates (subject to hydrolysis) is 1. The second-order valence-electron chi connectivity index (χ2n) is 9.45. The number of aromatic hydroxyl groups is 1. The van der Waals surface area contributed by atoms with Gasteiger partial charge in [-0.3, -0.25) is 14.7 Å². The summed E-state index contributed by atoms with van der Waals surface area (Å²) in [7, 11) is 3.03. The third-order valence-corrected chi connectivity index (χ3v) is 6.87. The van der Waals surface area contributed by atoms with Crippen LogP contribution in [0.15, 0.2) is 18.2 Å². The van der Waals surface area contributed by atoms with Gasteiger partial charge < -0.3 is 34.7 Å². The average molecular weight is 517 g/mol. The van der Waals surface area contributed by atoms with Crippen molar-refractivity contribution < 1.29 is 38.4 Å². The van der Waals surface area contributed by atoms with Gasteiger partial charge in [-0.1, -0.05) is 0 Å². The maximum atomic E-state index is 12.4. The van der Waals surface area contributed by atoms with Gasteiger partial charge in [0.2, 0.25) is 0 Å². The Labute approximate surface area is 214 Å². The number of H-pyrrole nitrogens is 1. The number of aromatic amines is 1. The molecule has 200 valence electrons. The Bertz CT molecular complexity index is 1130. The Hall–Kier alpha value is -3.80. The number of carbonyl (C=O) groups excluding carboxylic acids is 3. The van der Waals surface area contributed by atoms with Crippen molar-refractivity contribution in [3.05, 3.63) is 29.5 Å². The second-order valence-corrected chi connectivity index (χ2v) is 9.45. The van der Waals surface area contributed by atoms with E-state index in [1.54, 1.807) is 13.2 Å². The molecule has 2 atom stereocenters. The molecule has 2 aliphatic rings. The zero-order valence-corrected chi connectivity index (χ0v) is 20.9. The number of hydrogen-bond donors (Lipinski definition) is 4. The largest absolute Gasteiger partial charge is 0.507 e. The minimum Gasteiger partial charge on any atom is -0.507 e. The first kappa shape index (κ1) is 26.3. The van der Waals surface area contributed by atoms with Crippen molar-refractivity contribution in [1.82, 2.24) is 15.5 Å². The number of hydrogen-bond acceptors (Lipinski definition) is 9. The first-order valence-electron chi connectivity index (χ1n) is 12.2. The molecule has 0 aliphatic heterocycles. The van der Waals surface area contributed by atoms with Crippen molar-refractivity contribution in [2.45, 2.75) is 56.1 Å². The molecular formula is C25H32N4O8. The number of nitrogens with zero attached hydrogens (tertiary/aromatic N) is 1. The molecule has 4 N–H and O–H groups in total. The number of nitrogens with one attached hydrogen (secondary N) is 3. The van der Waals surface area contributed by atoms with Gasteiger partial charge in [0.15, 0.2) is 18.7 Å².